The summed E-state index contributed by atoms with van der Waals surface area (Å²) in [5, 5.41) is 35.8. The van der Waals surface area contributed by atoms with Crippen LogP contribution < -0.4 is 49.1 Å². The minimum absolute atomic E-state index is 0.0147. The zero-order chi connectivity index (χ0) is 53.7. The highest BCUT2D eigenvalue weighted by Crippen LogP contribution is 2.21. The standard InChI is InChI=1S/C49H68N14O11/c1-62-27-40(65)56-33(12-7-21-54-49(51)52)42(68)58-35(18-19-41(66)67)44(70)59-36(23-30-14-16-32(64)17-15-30)45(71)57-34(11-5-6-20-50)43(69)60-38(25-31-26-53-28-55-31)48(74)63-22-8-13-39(63)46(72)61-37(47(62)73)24-29-9-3-2-4-10-29/h2-4,9-10,14-17,26,28,33-39,64H,5-8,11-13,18-25,27,50H2,1H3,(H,53,55)(H,56,65)(H,57,71)(H,58,68)(H,59,70)(H,60,69)(H,61,72)(H,66,67)(H4,51,52,54)/t33-,34-,35-,36-,37-,38-,39-/m0/s1. The molecule has 3 heterocycles. The van der Waals surface area contributed by atoms with E-state index in [1.54, 1.807) is 30.3 Å². The van der Waals surface area contributed by atoms with Crippen LogP contribution in [0.25, 0.3) is 0 Å². The number of aromatic nitrogens is 2. The van der Waals surface area contributed by atoms with E-state index in [9.17, 15) is 53.4 Å². The number of benzene rings is 2. The van der Waals surface area contributed by atoms with Crippen LogP contribution in [0.15, 0.2) is 72.1 Å². The number of guanidine groups is 1. The molecule has 25 heteroatoms. The van der Waals surface area contributed by atoms with Gasteiger partial charge in [0.25, 0.3) is 0 Å². The Balaban J connectivity index is 1.58. The summed E-state index contributed by atoms with van der Waals surface area (Å²) in [7, 11) is 1.33. The van der Waals surface area contributed by atoms with Crippen molar-refractivity contribution in [1.29, 1.82) is 0 Å². The Bertz CT molecular complexity index is 2440. The van der Waals surface area contributed by atoms with Gasteiger partial charge in [-0.3, -0.25) is 48.1 Å². The zero-order valence-electron chi connectivity index (χ0n) is 41.3. The first-order chi connectivity index (χ1) is 35.4. The van der Waals surface area contributed by atoms with Crippen molar-refractivity contribution in [1.82, 2.24) is 51.7 Å². The largest absolute Gasteiger partial charge is 0.508 e. The molecular weight excluding hydrogens is 961 g/mol. The van der Waals surface area contributed by atoms with Crippen LogP contribution in [0, 0.1) is 0 Å². The van der Waals surface area contributed by atoms with Crippen molar-refractivity contribution in [3.05, 3.63) is 83.9 Å². The third-order valence-electron chi connectivity index (χ3n) is 12.6. The number of H-pyrrole nitrogens is 1. The number of aliphatic carboxylic acids is 1. The molecule has 2 aliphatic heterocycles. The van der Waals surface area contributed by atoms with Crippen molar-refractivity contribution >= 4 is 59.2 Å². The Hall–Kier alpha value is -8.09. The van der Waals surface area contributed by atoms with Crippen molar-refractivity contribution in [3.63, 3.8) is 0 Å². The molecule has 74 heavy (non-hydrogen) atoms. The minimum Gasteiger partial charge on any atom is -0.508 e. The van der Waals surface area contributed by atoms with Crippen LogP contribution in [0.2, 0.25) is 0 Å². The van der Waals surface area contributed by atoms with Crippen molar-refractivity contribution in [2.24, 2.45) is 22.2 Å². The van der Waals surface area contributed by atoms with E-state index >= 15 is 0 Å². The highest BCUT2D eigenvalue weighted by Gasteiger charge is 2.41. The van der Waals surface area contributed by atoms with E-state index in [0.29, 0.717) is 36.1 Å². The quantitative estimate of drug-likeness (QED) is 0.0380. The second-order valence-corrected chi connectivity index (χ2v) is 18.3. The Morgan fingerprint density at radius 3 is 1.89 bits per heavy atom. The highest BCUT2D eigenvalue weighted by atomic mass is 16.4. The number of hydrogen-bond donors (Lipinski definition) is 12. The van der Waals surface area contributed by atoms with Gasteiger partial charge in [0, 0.05) is 57.7 Å². The number of fused-ring (bicyclic) bond motifs is 1. The number of aromatic hydroxyl groups is 1. The smallest absolute Gasteiger partial charge is 0.303 e. The predicted molar refractivity (Wildman–Crippen MR) is 268 cm³/mol. The highest BCUT2D eigenvalue weighted by molar-refractivity contribution is 5.99. The first-order valence-corrected chi connectivity index (χ1v) is 24.5. The molecule has 0 saturated carbocycles. The van der Waals surface area contributed by atoms with Crippen LogP contribution in [0.5, 0.6) is 5.75 Å². The average molecular weight is 1030 g/mol. The molecule has 0 spiro atoms. The van der Waals surface area contributed by atoms with Gasteiger partial charge in [0.2, 0.25) is 47.3 Å². The van der Waals surface area contributed by atoms with Crippen LogP contribution in [0.4, 0.5) is 0 Å². The van der Waals surface area contributed by atoms with Gasteiger partial charge < -0.3 is 74.1 Å². The summed E-state index contributed by atoms with van der Waals surface area (Å²) >= 11 is 0. The van der Waals surface area contributed by atoms with Gasteiger partial charge in [-0.15, -0.1) is 0 Å². The lowest BCUT2D eigenvalue weighted by Gasteiger charge is -2.31. The van der Waals surface area contributed by atoms with Crippen molar-refractivity contribution in [2.45, 2.75) is 119 Å². The Morgan fingerprint density at radius 2 is 1.26 bits per heavy atom. The fourth-order valence-electron chi connectivity index (χ4n) is 8.67. The van der Waals surface area contributed by atoms with Gasteiger partial charge in [-0.05, 0) is 81.2 Å². The molecule has 400 valence electrons. The molecule has 8 amide bonds. The number of phenolic OH excluding ortho intramolecular Hbond substituents is 1. The number of rotatable bonds is 17. The summed E-state index contributed by atoms with van der Waals surface area (Å²) in [6.07, 6.45) is 2.84. The average Bonchev–Trinajstić information content (AvgIpc) is 4.08. The monoisotopic (exact) mass is 1030 g/mol. The first kappa shape index (κ1) is 56.8. The molecule has 3 aromatic rings. The molecule has 2 fully saturated rings. The predicted octanol–water partition coefficient (Wildman–Crippen LogP) is -2.44. The van der Waals surface area contributed by atoms with E-state index < -0.39 is 115 Å². The second-order valence-electron chi connectivity index (χ2n) is 18.3. The summed E-state index contributed by atoms with van der Waals surface area (Å²) in [4.78, 5) is 140. The number of nitrogens with one attached hydrogen (secondary N) is 7. The van der Waals surface area contributed by atoms with Crippen LogP contribution in [-0.4, -0.2) is 165 Å². The van der Waals surface area contributed by atoms with Gasteiger partial charge in [0.15, 0.2) is 5.96 Å². The molecule has 25 nitrogen and oxygen atoms in total. The first-order valence-electron chi connectivity index (χ1n) is 24.5. The summed E-state index contributed by atoms with van der Waals surface area (Å²) in [5.41, 5.74) is 18.4. The molecule has 2 aliphatic rings. The molecule has 0 radical (unpaired) electrons. The van der Waals surface area contributed by atoms with Gasteiger partial charge in [-0.25, -0.2) is 4.98 Å². The number of unbranched alkanes of at least 4 members (excludes halogenated alkanes) is 1. The molecule has 0 bridgehead atoms. The number of nitrogens with zero attached hydrogens (tertiary/aromatic N) is 4. The molecule has 2 saturated heterocycles. The minimum atomic E-state index is -1.62. The van der Waals surface area contributed by atoms with Crippen molar-refractivity contribution in [2.75, 3.05) is 33.2 Å². The van der Waals surface area contributed by atoms with Gasteiger partial charge >= 0.3 is 5.97 Å². The van der Waals surface area contributed by atoms with E-state index in [4.69, 9.17) is 17.2 Å². The zero-order valence-corrected chi connectivity index (χ0v) is 41.3. The fraction of sp³-hybridized carbons (Fsp3) is 0.490. The number of hydrogen-bond acceptors (Lipinski definition) is 13. The lowest BCUT2D eigenvalue weighted by Crippen LogP contribution is -2.61. The van der Waals surface area contributed by atoms with Gasteiger partial charge in [0.1, 0.15) is 48.0 Å². The number of carbonyl (C=O) groups excluding carboxylic acids is 8. The molecule has 5 rings (SSSR count). The number of amides is 8. The van der Waals surface area contributed by atoms with Crippen LogP contribution in [-0.2, 0) is 62.4 Å². The Morgan fingerprint density at radius 1 is 0.689 bits per heavy atom. The maximum atomic E-state index is 14.7. The van der Waals surface area contributed by atoms with Gasteiger partial charge in [-0.2, -0.15) is 0 Å². The Kier molecular flexibility index (Phi) is 21.7. The second kappa shape index (κ2) is 28.2. The normalized spacial score (nSPS) is 23.0. The van der Waals surface area contributed by atoms with E-state index in [1.165, 1.54) is 48.7 Å². The summed E-state index contributed by atoms with van der Waals surface area (Å²) in [6, 6.07) is 5.00. The van der Waals surface area contributed by atoms with Crippen LogP contribution in [0.3, 0.4) is 0 Å². The number of nitrogens with two attached hydrogens (primary N) is 3. The number of likely N-dealkylation sites (N-methyl/N-ethyl adjacent to an activating group) is 1. The molecule has 7 atom stereocenters. The number of aliphatic imine (C=N–C) groups is 1. The van der Waals surface area contributed by atoms with E-state index in [-0.39, 0.29) is 76.3 Å². The van der Waals surface area contributed by atoms with Crippen molar-refractivity contribution in [3.8, 4) is 5.75 Å². The number of aromatic amines is 1. The van der Waals surface area contributed by atoms with E-state index in [1.807, 2.05) is 0 Å². The number of phenols is 1. The third-order valence-corrected chi connectivity index (χ3v) is 12.6. The van der Waals surface area contributed by atoms with E-state index in [0.717, 1.165) is 4.90 Å². The number of carbonyl (C=O) groups is 9. The van der Waals surface area contributed by atoms with Crippen LogP contribution in [0.1, 0.15) is 74.6 Å². The molecule has 2 aromatic carbocycles. The van der Waals surface area contributed by atoms with Gasteiger partial charge in [-0.1, -0.05) is 42.5 Å². The molecular formula is C49H68N14O11. The lowest BCUT2D eigenvalue weighted by molar-refractivity contribution is -0.143. The maximum Gasteiger partial charge on any atom is 0.303 e. The van der Waals surface area contributed by atoms with Gasteiger partial charge in [0.05, 0.1) is 12.9 Å². The molecule has 0 unspecified atom stereocenters. The summed E-state index contributed by atoms with van der Waals surface area (Å²) in [6.45, 7) is -0.226. The SMILES string of the molecule is CN1CC(=O)N[C@@H](CCCN=C(N)N)C(=O)N[C@@H](CCC(=O)O)C(=O)N[C@@H](Cc2ccc(O)cc2)C(=O)N[C@@H](CCCCN)C(=O)N[C@@H](Cc2cnc[nH]2)C(=O)N2CCC[C@H]2C(=O)N[C@@H](Cc2ccccc2)C1=O. The number of carboxylic acid groups (broad SMARTS) is 1. The fourth-order valence-corrected chi connectivity index (χ4v) is 8.67. The van der Waals surface area contributed by atoms with E-state index in [2.05, 4.69) is 46.9 Å². The number of imidazole rings is 1. The lowest BCUT2D eigenvalue weighted by atomic mass is 10.0. The Labute approximate surface area is 427 Å². The summed E-state index contributed by atoms with van der Waals surface area (Å²) < 4.78 is 0. The van der Waals surface area contributed by atoms with Crippen molar-refractivity contribution < 1.29 is 53.4 Å². The van der Waals surface area contributed by atoms with Crippen LogP contribution >= 0.6 is 0 Å². The summed E-state index contributed by atoms with van der Waals surface area (Å²) in [5.74, 6) is -8.02. The molecule has 15 N–H and O–H groups in total. The maximum absolute atomic E-state index is 14.7. The topological polar surface area (TPSA) is 392 Å². The molecule has 1 aromatic heterocycles. The third kappa shape index (κ3) is 17.6. The molecule has 0 aliphatic carbocycles. The number of carboxylic acids is 1.